The number of halogens is 1. The van der Waals surface area contributed by atoms with Crippen LogP contribution in [0.25, 0.3) is 0 Å². The van der Waals surface area contributed by atoms with E-state index in [1.54, 1.807) is 6.20 Å². The Morgan fingerprint density at radius 1 is 1.53 bits per heavy atom. The lowest BCUT2D eigenvalue weighted by atomic mass is 10.2. The van der Waals surface area contributed by atoms with E-state index in [0.717, 1.165) is 4.47 Å². The van der Waals surface area contributed by atoms with E-state index in [4.69, 9.17) is 0 Å². The van der Waals surface area contributed by atoms with Gasteiger partial charge in [-0.25, -0.2) is 0 Å². The van der Waals surface area contributed by atoms with Gasteiger partial charge in [-0.15, -0.1) is 0 Å². The second-order valence-corrected chi connectivity index (χ2v) is 4.17. The van der Waals surface area contributed by atoms with Crippen LogP contribution in [-0.2, 0) is 4.79 Å². The number of hydrogen-bond acceptors (Lipinski definition) is 3. The lowest BCUT2D eigenvalue weighted by Crippen LogP contribution is -2.29. The van der Waals surface area contributed by atoms with Crippen molar-refractivity contribution in [2.45, 2.75) is 19.4 Å². The number of nitrogens with zero attached hydrogens (tertiary/aromatic N) is 2. The fourth-order valence-corrected chi connectivity index (χ4v) is 1.60. The van der Waals surface area contributed by atoms with Gasteiger partial charge in [0.25, 0.3) is 0 Å². The molecule has 0 spiro atoms. The number of pyridine rings is 1. The lowest BCUT2D eigenvalue weighted by molar-refractivity contribution is -0.120. The van der Waals surface area contributed by atoms with Gasteiger partial charge in [-0.3, -0.25) is 14.8 Å². The summed E-state index contributed by atoms with van der Waals surface area (Å²) >= 11 is 3.30. The van der Waals surface area contributed by atoms with E-state index in [1.165, 1.54) is 0 Å². The molecule has 5 heteroatoms. The molecule has 1 atom stereocenters. The predicted octanol–water partition coefficient (Wildman–Crippen LogP) is 1.50. The molecular weight excluding hydrogens is 258 g/mol. The molecule has 15 heavy (non-hydrogen) atoms. The SMILES string of the molecule is CCC1N=C(c2ccc(Br)cn2)NC1=O. The summed E-state index contributed by atoms with van der Waals surface area (Å²) in [6, 6.07) is 3.43. The van der Waals surface area contributed by atoms with Gasteiger partial charge in [0.2, 0.25) is 5.91 Å². The molecule has 0 saturated heterocycles. The second kappa shape index (κ2) is 4.10. The van der Waals surface area contributed by atoms with Gasteiger partial charge < -0.3 is 5.32 Å². The minimum atomic E-state index is -0.259. The molecule has 78 valence electrons. The largest absolute Gasteiger partial charge is 0.307 e. The summed E-state index contributed by atoms with van der Waals surface area (Å²) in [5.74, 6) is 0.525. The Morgan fingerprint density at radius 3 is 2.87 bits per heavy atom. The van der Waals surface area contributed by atoms with Crippen molar-refractivity contribution in [3.63, 3.8) is 0 Å². The number of aromatic nitrogens is 1. The summed E-state index contributed by atoms with van der Waals surface area (Å²) in [6.07, 6.45) is 2.40. The average molecular weight is 268 g/mol. The molecule has 1 aliphatic heterocycles. The van der Waals surface area contributed by atoms with Crippen LogP contribution in [0.4, 0.5) is 0 Å². The van der Waals surface area contributed by atoms with Gasteiger partial charge in [-0.2, -0.15) is 0 Å². The second-order valence-electron chi connectivity index (χ2n) is 3.25. The molecular formula is C10H10BrN3O. The van der Waals surface area contributed by atoms with Crippen LogP contribution in [0.1, 0.15) is 19.0 Å². The summed E-state index contributed by atoms with van der Waals surface area (Å²) in [7, 11) is 0. The first-order valence-corrected chi connectivity index (χ1v) is 5.50. The minimum Gasteiger partial charge on any atom is -0.307 e. The fourth-order valence-electron chi connectivity index (χ4n) is 1.37. The topological polar surface area (TPSA) is 54.4 Å². The normalized spacial score (nSPS) is 20.0. The minimum absolute atomic E-state index is 0.0442. The van der Waals surface area contributed by atoms with E-state index < -0.39 is 0 Å². The Kier molecular flexibility index (Phi) is 2.81. The standard InChI is InChI=1S/C10H10BrN3O/c1-2-7-10(15)14-9(13-7)8-4-3-6(11)5-12-8/h3-5,7H,2H2,1H3,(H,13,14,15). The number of hydrogen-bond donors (Lipinski definition) is 1. The van der Waals surface area contributed by atoms with Gasteiger partial charge in [0, 0.05) is 10.7 Å². The smallest absolute Gasteiger partial charge is 0.250 e. The zero-order valence-corrected chi connectivity index (χ0v) is 9.78. The van der Waals surface area contributed by atoms with Crippen molar-refractivity contribution in [1.82, 2.24) is 10.3 Å². The molecule has 0 radical (unpaired) electrons. The van der Waals surface area contributed by atoms with Crippen LogP contribution in [0.15, 0.2) is 27.8 Å². The van der Waals surface area contributed by atoms with Gasteiger partial charge >= 0.3 is 0 Å². The third kappa shape index (κ3) is 2.07. The number of rotatable bonds is 2. The van der Waals surface area contributed by atoms with Crippen LogP contribution >= 0.6 is 15.9 Å². The zero-order valence-electron chi connectivity index (χ0n) is 8.20. The lowest BCUT2D eigenvalue weighted by Gasteiger charge is -1.99. The molecule has 1 N–H and O–H groups in total. The maximum Gasteiger partial charge on any atom is 0.250 e. The maximum absolute atomic E-state index is 11.4. The van der Waals surface area contributed by atoms with Crippen molar-refractivity contribution in [2.24, 2.45) is 4.99 Å². The summed E-state index contributed by atoms with van der Waals surface area (Å²) in [5, 5.41) is 2.72. The average Bonchev–Trinajstić information content (AvgIpc) is 2.61. The quantitative estimate of drug-likeness (QED) is 0.883. The Morgan fingerprint density at radius 2 is 2.33 bits per heavy atom. The van der Waals surface area contributed by atoms with Crippen LogP contribution in [0, 0.1) is 0 Å². The van der Waals surface area contributed by atoms with E-state index >= 15 is 0 Å². The van der Waals surface area contributed by atoms with Crippen molar-refractivity contribution in [3.8, 4) is 0 Å². The highest BCUT2D eigenvalue weighted by Gasteiger charge is 2.25. The number of amidine groups is 1. The maximum atomic E-state index is 11.4. The summed E-state index contributed by atoms with van der Waals surface area (Å²) < 4.78 is 0.906. The first-order chi connectivity index (χ1) is 7.20. The van der Waals surface area contributed by atoms with Gasteiger partial charge in [0.15, 0.2) is 5.84 Å². The van der Waals surface area contributed by atoms with Crippen LogP contribution in [0.5, 0.6) is 0 Å². The van der Waals surface area contributed by atoms with Gasteiger partial charge in [-0.05, 0) is 34.5 Å². The highest BCUT2D eigenvalue weighted by atomic mass is 79.9. The van der Waals surface area contributed by atoms with Crippen LogP contribution < -0.4 is 5.32 Å². The molecule has 1 aliphatic rings. The van der Waals surface area contributed by atoms with Crippen molar-refractivity contribution < 1.29 is 4.79 Å². The van der Waals surface area contributed by atoms with Gasteiger partial charge in [0.05, 0.1) is 0 Å². The molecule has 0 aliphatic carbocycles. The van der Waals surface area contributed by atoms with E-state index in [1.807, 2.05) is 19.1 Å². The first-order valence-electron chi connectivity index (χ1n) is 4.71. The molecule has 1 aromatic heterocycles. The van der Waals surface area contributed by atoms with Crippen LogP contribution in [0.2, 0.25) is 0 Å². The number of carbonyl (C=O) groups excluding carboxylic acids is 1. The monoisotopic (exact) mass is 267 g/mol. The molecule has 4 nitrogen and oxygen atoms in total. The molecule has 0 fully saturated rings. The van der Waals surface area contributed by atoms with Crippen molar-refractivity contribution in [2.75, 3.05) is 0 Å². The Labute approximate surface area is 95.9 Å². The van der Waals surface area contributed by atoms with Crippen molar-refractivity contribution in [3.05, 3.63) is 28.5 Å². The number of nitrogens with one attached hydrogen (secondary N) is 1. The molecule has 1 unspecified atom stereocenters. The van der Waals surface area contributed by atoms with E-state index in [-0.39, 0.29) is 11.9 Å². The van der Waals surface area contributed by atoms with E-state index in [9.17, 15) is 4.79 Å². The Balaban J connectivity index is 2.26. The predicted molar refractivity (Wildman–Crippen MR) is 60.7 cm³/mol. The molecule has 0 saturated carbocycles. The zero-order chi connectivity index (χ0) is 10.8. The molecule has 1 amide bonds. The molecule has 1 aromatic rings. The number of amides is 1. The fraction of sp³-hybridized carbons (Fsp3) is 0.300. The van der Waals surface area contributed by atoms with Crippen molar-refractivity contribution >= 4 is 27.7 Å². The Bertz CT molecular complexity index is 413. The number of carbonyl (C=O) groups is 1. The molecule has 0 bridgehead atoms. The summed E-state index contributed by atoms with van der Waals surface area (Å²) in [6.45, 7) is 1.94. The van der Waals surface area contributed by atoms with E-state index in [0.29, 0.717) is 18.0 Å². The van der Waals surface area contributed by atoms with Crippen molar-refractivity contribution in [1.29, 1.82) is 0 Å². The molecule has 2 heterocycles. The molecule has 0 aromatic carbocycles. The molecule has 2 rings (SSSR count). The first kappa shape index (κ1) is 10.3. The van der Waals surface area contributed by atoms with Crippen LogP contribution in [0.3, 0.4) is 0 Å². The van der Waals surface area contributed by atoms with E-state index in [2.05, 4.69) is 31.2 Å². The van der Waals surface area contributed by atoms with Gasteiger partial charge in [0.1, 0.15) is 11.7 Å². The van der Waals surface area contributed by atoms with Crippen LogP contribution in [-0.4, -0.2) is 22.8 Å². The third-order valence-corrected chi connectivity index (χ3v) is 2.65. The highest BCUT2D eigenvalue weighted by Crippen LogP contribution is 2.11. The number of aliphatic imine (C=N–C) groups is 1. The third-order valence-electron chi connectivity index (χ3n) is 2.19. The summed E-state index contributed by atoms with van der Waals surface area (Å²) in [5.41, 5.74) is 0.697. The summed E-state index contributed by atoms with van der Waals surface area (Å²) in [4.78, 5) is 19.8. The highest BCUT2D eigenvalue weighted by molar-refractivity contribution is 9.10. The Hall–Kier alpha value is -1.23. The van der Waals surface area contributed by atoms with Gasteiger partial charge in [-0.1, -0.05) is 6.92 Å².